The summed E-state index contributed by atoms with van der Waals surface area (Å²) in [4.78, 5) is 45.2. The lowest BCUT2D eigenvalue weighted by molar-refractivity contribution is -0.143. The van der Waals surface area contributed by atoms with Crippen LogP contribution in [0.15, 0.2) is 109 Å². The number of nitrogens with one attached hydrogen (secondary N) is 2. The number of fused-ring (bicyclic) bond motifs is 2. The normalized spacial score (nSPS) is 12.2. The second kappa shape index (κ2) is 20.1. The summed E-state index contributed by atoms with van der Waals surface area (Å²) in [5.41, 5.74) is 9.74. The first-order valence-corrected chi connectivity index (χ1v) is 18.8. The van der Waals surface area contributed by atoms with Crippen LogP contribution in [-0.4, -0.2) is 63.1 Å². The zero-order valence-electron chi connectivity index (χ0n) is 33.0. The molecule has 2 aromatic heterocycles. The summed E-state index contributed by atoms with van der Waals surface area (Å²) < 4.78 is 9.88. The van der Waals surface area contributed by atoms with Gasteiger partial charge >= 0.3 is 11.9 Å². The fourth-order valence-corrected chi connectivity index (χ4v) is 6.23. The maximum Gasteiger partial charge on any atom is 0.328 e. The SMILES string of the molecule is COC(=O)[C@@H](Nc1nc(CN(Cc2ccccc2)Cc2ccccc2)nc2ccccc12)C(C)C.COC(=O)[C@@H](Nc1nc(CN)nc2ccccc12)C(C)C. The van der Waals surface area contributed by atoms with Crippen molar-refractivity contribution < 1.29 is 19.1 Å². The second-order valence-electron chi connectivity index (χ2n) is 14.1. The van der Waals surface area contributed by atoms with Gasteiger partial charge in [-0.3, -0.25) is 4.90 Å². The number of hydrogen-bond donors (Lipinski definition) is 3. The van der Waals surface area contributed by atoms with Crippen LogP contribution in [0.5, 0.6) is 0 Å². The van der Waals surface area contributed by atoms with Gasteiger partial charge in [-0.2, -0.15) is 0 Å². The maximum atomic E-state index is 12.4. The fourth-order valence-electron chi connectivity index (χ4n) is 6.23. The van der Waals surface area contributed by atoms with E-state index < -0.39 is 12.1 Å². The molecule has 6 aromatic rings. The fraction of sp³-hybridized carbons (Fsp3) is 0.318. The summed E-state index contributed by atoms with van der Waals surface area (Å²) in [7, 11) is 2.79. The first kappa shape index (κ1) is 41.2. The lowest BCUT2D eigenvalue weighted by Crippen LogP contribution is -2.36. The van der Waals surface area contributed by atoms with E-state index in [1.54, 1.807) is 0 Å². The molecule has 0 radical (unpaired) electrons. The van der Waals surface area contributed by atoms with E-state index in [0.717, 1.165) is 34.9 Å². The summed E-state index contributed by atoms with van der Waals surface area (Å²) in [6.07, 6.45) is 0. The number of benzene rings is 4. The predicted octanol–water partition coefficient (Wildman–Crippen LogP) is 7.14. The molecule has 0 spiro atoms. The zero-order chi connectivity index (χ0) is 40.0. The van der Waals surface area contributed by atoms with Crippen molar-refractivity contribution in [1.82, 2.24) is 24.8 Å². The molecule has 2 heterocycles. The Bertz CT molecular complexity index is 2140. The molecule has 0 aliphatic rings. The van der Waals surface area contributed by atoms with E-state index in [0.29, 0.717) is 29.8 Å². The van der Waals surface area contributed by atoms with Crippen molar-refractivity contribution >= 4 is 45.4 Å². The minimum atomic E-state index is -0.504. The third-order valence-corrected chi connectivity index (χ3v) is 9.17. The van der Waals surface area contributed by atoms with Crippen molar-refractivity contribution in [3.05, 3.63) is 132 Å². The average molecular weight is 757 g/mol. The molecular weight excluding hydrogens is 705 g/mol. The molecule has 6 rings (SSSR count). The monoisotopic (exact) mass is 756 g/mol. The number of esters is 2. The van der Waals surface area contributed by atoms with Crippen LogP contribution in [0.1, 0.15) is 50.5 Å². The molecular formula is C44H52N8O4. The lowest BCUT2D eigenvalue weighted by atomic mass is 10.0. The highest BCUT2D eigenvalue weighted by atomic mass is 16.5. The Labute approximate surface area is 328 Å². The van der Waals surface area contributed by atoms with Crippen molar-refractivity contribution in [3.8, 4) is 0 Å². The highest BCUT2D eigenvalue weighted by Crippen LogP contribution is 2.25. The van der Waals surface area contributed by atoms with Gasteiger partial charge in [0.15, 0.2) is 0 Å². The van der Waals surface area contributed by atoms with Crippen molar-refractivity contribution in [3.63, 3.8) is 0 Å². The van der Waals surface area contributed by atoms with Crippen LogP contribution >= 0.6 is 0 Å². The summed E-state index contributed by atoms with van der Waals surface area (Å²) >= 11 is 0. The molecule has 0 unspecified atom stereocenters. The van der Waals surface area contributed by atoms with Crippen LogP contribution in [0, 0.1) is 11.8 Å². The molecule has 292 valence electrons. The van der Waals surface area contributed by atoms with Crippen LogP contribution in [0.4, 0.5) is 11.6 Å². The molecule has 0 fully saturated rings. The Morgan fingerprint density at radius 3 is 1.38 bits per heavy atom. The number of para-hydroxylation sites is 2. The first-order chi connectivity index (χ1) is 27.1. The second-order valence-corrected chi connectivity index (χ2v) is 14.1. The van der Waals surface area contributed by atoms with Gasteiger partial charge in [-0.1, -0.05) is 113 Å². The summed E-state index contributed by atoms with van der Waals surface area (Å²) in [6.45, 7) is 10.2. The number of rotatable bonds is 15. The largest absolute Gasteiger partial charge is 0.467 e. The molecule has 4 aromatic carbocycles. The number of nitrogens with zero attached hydrogens (tertiary/aromatic N) is 5. The third-order valence-electron chi connectivity index (χ3n) is 9.17. The molecule has 2 atom stereocenters. The van der Waals surface area contributed by atoms with Crippen LogP contribution in [-0.2, 0) is 45.2 Å². The number of ether oxygens (including phenoxy) is 2. The van der Waals surface area contributed by atoms with Crippen molar-refractivity contribution in [2.24, 2.45) is 17.6 Å². The van der Waals surface area contributed by atoms with Gasteiger partial charge in [0.1, 0.15) is 35.4 Å². The minimum Gasteiger partial charge on any atom is -0.467 e. The average Bonchev–Trinajstić information content (AvgIpc) is 3.21. The number of carbonyl (C=O) groups is 2. The Hall–Kier alpha value is -5.98. The van der Waals surface area contributed by atoms with Gasteiger partial charge in [0.05, 0.1) is 38.3 Å². The van der Waals surface area contributed by atoms with Crippen molar-refractivity contribution in [2.45, 2.75) is 66.0 Å². The summed E-state index contributed by atoms with van der Waals surface area (Å²) in [5.74, 6) is 1.95. The van der Waals surface area contributed by atoms with Crippen LogP contribution < -0.4 is 16.4 Å². The van der Waals surface area contributed by atoms with Crippen LogP contribution in [0.3, 0.4) is 0 Å². The van der Waals surface area contributed by atoms with Gasteiger partial charge in [-0.25, -0.2) is 29.5 Å². The van der Waals surface area contributed by atoms with E-state index in [2.05, 4.69) is 74.0 Å². The highest BCUT2D eigenvalue weighted by Gasteiger charge is 2.26. The maximum absolute atomic E-state index is 12.4. The van der Waals surface area contributed by atoms with E-state index in [4.69, 9.17) is 25.2 Å². The number of anilines is 2. The number of hydrogen-bond acceptors (Lipinski definition) is 12. The van der Waals surface area contributed by atoms with Gasteiger partial charge in [0.2, 0.25) is 0 Å². The molecule has 56 heavy (non-hydrogen) atoms. The molecule has 0 saturated carbocycles. The highest BCUT2D eigenvalue weighted by molar-refractivity contribution is 5.92. The van der Waals surface area contributed by atoms with E-state index in [1.165, 1.54) is 25.3 Å². The van der Waals surface area contributed by atoms with Crippen LogP contribution in [0.2, 0.25) is 0 Å². The number of aromatic nitrogens is 4. The quantitative estimate of drug-likeness (QED) is 0.0912. The van der Waals surface area contributed by atoms with Crippen LogP contribution in [0.25, 0.3) is 21.8 Å². The van der Waals surface area contributed by atoms with E-state index >= 15 is 0 Å². The minimum absolute atomic E-state index is 0.0345. The third kappa shape index (κ3) is 11.0. The zero-order valence-corrected chi connectivity index (χ0v) is 33.0. The van der Waals surface area contributed by atoms with Crippen molar-refractivity contribution in [2.75, 3.05) is 24.9 Å². The molecule has 0 saturated heterocycles. The summed E-state index contributed by atoms with van der Waals surface area (Å²) in [5, 5.41) is 8.24. The molecule has 0 aliphatic heterocycles. The van der Waals surface area contributed by atoms with Gasteiger partial charge in [0, 0.05) is 23.9 Å². The Morgan fingerprint density at radius 1 is 0.571 bits per heavy atom. The first-order valence-electron chi connectivity index (χ1n) is 18.8. The predicted molar refractivity (Wildman–Crippen MR) is 221 cm³/mol. The Kier molecular flexibility index (Phi) is 14.8. The van der Waals surface area contributed by atoms with E-state index in [9.17, 15) is 9.59 Å². The van der Waals surface area contributed by atoms with Gasteiger partial charge in [-0.05, 0) is 47.2 Å². The lowest BCUT2D eigenvalue weighted by Gasteiger charge is -2.24. The molecule has 0 amide bonds. The molecule has 0 bridgehead atoms. The smallest absolute Gasteiger partial charge is 0.328 e. The molecule has 12 heteroatoms. The number of nitrogens with two attached hydrogens (primary N) is 1. The molecule has 12 nitrogen and oxygen atoms in total. The topological polar surface area (TPSA) is 157 Å². The van der Waals surface area contributed by atoms with Gasteiger partial charge in [0.25, 0.3) is 0 Å². The van der Waals surface area contributed by atoms with Gasteiger partial charge < -0.3 is 25.8 Å². The molecule has 0 aliphatic carbocycles. The van der Waals surface area contributed by atoms with Crippen molar-refractivity contribution in [1.29, 1.82) is 0 Å². The Morgan fingerprint density at radius 2 is 0.964 bits per heavy atom. The number of carbonyl (C=O) groups excluding carboxylic acids is 2. The Balaban J connectivity index is 0.000000244. The van der Waals surface area contributed by atoms with E-state index in [1.807, 2.05) is 88.4 Å². The standard InChI is InChI=1S/C29H32N4O2.C15H20N4O2/c1-21(2)27(29(34)35-3)32-28-24-16-10-11-17-25(24)30-26(31-28)20-33(18-22-12-6-4-7-13-22)19-23-14-8-5-9-15-23;1-9(2)13(15(20)21-3)19-14-10-6-4-5-7-11(10)17-12(8-16)18-14/h4-17,21,27H,18-20H2,1-3H3,(H,30,31,32);4-7,9,13H,8,16H2,1-3H3,(H,17,18,19)/t27-;13-/m00/s1. The molecule has 4 N–H and O–H groups in total. The number of methoxy groups -OCH3 is 2. The van der Waals surface area contributed by atoms with Gasteiger partial charge in [-0.15, -0.1) is 0 Å². The summed E-state index contributed by atoms with van der Waals surface area (Å²) in [6, 6.07) is 35.3. The van der Waals surface area contributed by atoms with E-state index in [-0.39, 0.29) is 30.3 Å².